The molecule has 5 aliphatic rings. The minimum absolute atomic E-state index is 0.00652. The van der Waals surface area contributed by atoms with Gasteiger partial charge in [-0.15, -0.1) is 11.3 Å². The van der Waals surface area contributed by atoms with Gasteiger partial charge in [0.25, 0.3) is 0 Å². The van der Waals surface area contributed by atoms with Gasteiger partial charge in [0.15, 0.2) is 5.75 Å². The molecule has 0 unspecified atom stereocenters. The van der Waals surface area contributed by atoms with Gasteiger partial charge in [-0.25, -0.2) is 33.5 Å². The molecule has 11 rings (SSSR count). The molecule has 0 spiro atoms. The number of alkyl halides is 1. The maximum absolute atomic E-state index is 15.9. The lowest BCUT2D eigenvalue weighted by Gasteiger charge is -2.42. The molecule has 2 saturated heterocycles. The van der Waals surface area contributed by atoms with Gasteiger partial charge < -0.3 is 42.7 Å². The fourth-order valence-electron chi connectivity index (χ4n) is 10.6. The van der Waals surface area contributed by atoms with Crippen molar-refractivity contribution >= 4 is 50.7 Å². The van der Waals surface area contributed by atoms with Crippen molar-refractivity contribution < 1.29 is 56.3 Å². The second-order valence-corrected chi connectivity index (χ2v) is 22.4. The number of rotatable bonds is 13. The molecule has 20 heteroatoms. The minimum atomic E-state index is -1.49. The zero-order chi connectivity index (χ0) is 53.1. The average Bonchev–Trinajstić information content (AvgIpc) is 3.81. The second kappa shape index (κ2) is 23.3. The summed E-state index contributed by atoms with van der Waals surface area (Å²) in [5.74, 6) is 0.0528. The Labute approximate surface area is 454 Å². The highest BCUT2D eigenvalue weighted by Crippen LogP contribution is 2.53. The monoisotopic (exact) mass is 1100 g/mol. The number of hydrogen-bond acceptors (Lipinski definition) is 14. The predicted molar refractivity (Wildman–Crippen MR) is 286 cm³/mol. The van der Waals surface area contributed by atoms with E-state index in [1.807, 2.05) is 13.8 Å². The number of benzene rings is 3. The molecule has 4 bridgehead atoms. The fraction of sp³-hybridized carbons (Fsp3) is 0.482. The van der Waals surface area contributed by atoms with Crippen LogP contribution in [0.5, 0.6) is 23.1 Å². The Kier molecular flexibility index (Phi) is 16.6. The van der Waals surface area contributed by atoms with Crippen molar-refractivity contribution in [3.8, 4) is 44.7 Å². The van der Waals surface area contributed by atoms with E-state index in [0.717, 1.165) is 37.2 Å². The van der Waals surface area contributed by atoms with Crippen LogP contribution in [0.2, 0.25) is 10.0 Å². The Bertz CT molecular complexity index is 3010. The maximum Gasteiger partial charge on any atom is 0.345 e. The smallest absolute Gasteiger partial charge is 0.345 e. The van der Waals surface area contributed by atoms with Gasteiger partial charge in [-0.1, -0.05) is 35.3 Å². The number of halogens is 4. The zero-order valence-electron chi connectivity index (χ0n) is 43.1. The summed E-state index contributed by atoms with van der Waals surface area (Å²) in [6.07, 6.45) is 2.35. The third-order valence-electron chi connectivity index (χ3n) is 15.3. The Morgan fingerprint density at radius 2 is 1.72 bits per heavy atom. The van der Waals surface area contributed by atoms with Crippen LogP contribution in [0.15, 0.2) is 61.1 Å². The molecule has 3 fully saturated rings. The molecule has 7 heterocycles. The molecular formula is C56H63Cl2F2N6O9S+. The highest BCUT2D eigenvalue weighted by molar-refractivity contribution is 7.22. The van der Waals surface area contributed by atoms with E-state index >= 15 is 4.39 Å². The van der Waals surface area contributed by atoms with Crippen LogP contribution in [-0.4, -0.2) is 150 Å². The van der Waals surface area contributed by atoms with Gasteiger partial charge in [-0.3, -0.25) is 4.90 Å². The number of aromatic nitrogens is 4. The van der Waals surface area contributed by atoms with Crippen molar-refractivity contribution in [2.24, 2.45) is 0 Å². The van der Waals surface area contributed by atoms with Crippen molar-refractivity contribution in [3.63, 3.8) is 0 Å². The second-order valence-electron chi connectivity index (χ2n) is 20.6. The third-order valence-corrected chi connectivity index (χ3v) is 17.4. The molecule has 0 radical (unpaired) electrons. The summed E-state index contributed by atoms with van der Waals surface area (Å²) in [5.41, 5.74) is 2.86. The van der Waals surface area contributed by atoms with Crippen LogP contribution >= 0.6 is 34.5 Å². The first-order chi connectivity index (χ1) is 36.7. The molecular weight excluding hydrogens is 1040 g/mol. The van der Waals surface area contributed by atoms with E-state index < -0.39 is 29.7 Å². The van der Waals surface area contributed by atoms with Crippen LogP contribution in [0, 0.1) is 19.7 Å². The molecule has 76 heavy (non-hydrogen) atoms. The summed E-state index contributed by atoms with van der Waals surface area (Å²) < 4.78 is 74.7. The quantitative estimate of drug-likeness (QED) is 0.109. The van der Waals surface area contributed by atoms with Crippen LogP contribution < -0.4 is 18.9 Å². The van der Waals surface area contributed by atoms with Crippen LogP contribution in [0.1, 0.15) is 66.7 Å². The van der Waals surface area contributed by atoms with Crippen LogP contribution in [0.25, 0.3) is 31.8 Å². The number of aliphatic carboxylic acids is 1. The number of carboxylic acids is 1. The highest BCUT2D eigenvalue weighted by Gasteiger charge is 2.38. The van der Waals surface area contributed by atoms with Crippen molar-refractivity contribution in [3.05, 3.63) is 105 Å². The van der Waals surface area contributed by atoms with Gasteiger partial charge in [0.05, 0.1) is 80.8 Å². The van der Waals surface area contributed by atoms with Crippen molar-refractivity contribution in [1.29, 1.82) is 0 Å². The van der Waals surface area contributed by atoms with E-state index in [4.69, 9.17) is 61.3 Å². The molecule has 1 saturated carbocycles. The Morgan fingerprint density at radius 3 is 2.43 bits per heavy atom. The van der Waals surface area contributed by atoms with Crippen molar-refractivity contribution in [2.45, 2.75) is 89.4 Å². The number of likely N-dealkylation sites (N-methyl/N-ethyl adjacent to an activating group) is 1. The molecule has 1 aliphatic carbocycles. The van der Waals surface area contributed by atoms with E-state index in [9.17, 15) is 14.3 Å². The normalized spacial score (nSPS) is 23.1. The first kappa shape index (κ1) is 54.1. The van der Waals surface area contributed by atoms with Gasteiger partial charge in [-0.05, 0) is 105 Å². The number of thiophene rings is 1. The minimum Gasteiger partial charge on any atom is -0.490 e. The summed E-state index contributed by atoms with van der Waals surface area (Å²) >= 11 is 16.1. The number of carbonyl (C=O) groups is 1. The number of quaternary nitrogens is 1. The van der Waals surface area contributed by atoms with Crippen LogP contribution in [-0.2, 0) is 32.0 Å². The standard InChI is InChI=1S/C56H62Cl2F2N6O9S/c1-5-66(4)20-18-65(19-21-66)26-41-30-72-40-10-11-43(73-27-39-14-17-61-52(64-39)36-12-15-56(60,16-13-36)31-70-29-42-28-69-22-23-71-42)37(24-40)25-44(55(67)68)75-53-47-46(45-33(2)48(57)50(74-41)49(58)34(45)3)51(76-54(47)63-32-62-53)35-6-8-38(59)9-7-35/h6-11,14,17,24,32,36,41-42,44H,5,12-13,15-16,18-23,25-31H2,1-4H3/p+1/t36?,41-,42+,44-,56?/m1/s1. The van der Waals surface area contributed by atoms with Crippen molar-refractivity contribution in [1.82, 2.24) is 24.8 Å². The number of hydrogen-bond donors (Lipinski definition) is 1. The lowest BCUT2D eigenvalue weighted by molar-refractivity contribution is -0.912. The summed E-state index contributed by atoms with van der Waals surface area (Å²) in [6.45, 7) is 13.1. The van der Waals surface area contributed by atoms with Gasteiger partial charge in [-0.2, -0.15) is 0 Å². The third kappa shape index (κ3) is 12.0. The van der Waals surface area contributed by atoms with E-state index in [1.165, 1.54) is 29.8 Å². The predicted octanol–water partition coefficient (Wildman–Crippen LogP) is 10.3. The van der Waals surface area contributed by atoms with Crippen LogP contribution in [0.4, 0.5) is 8.78 Å². The first-order valence-corrected chi connectivity index (χ1v) is 27.5. The SMILES string of the molecule is CC[N+]1(C)CCN(C[C@@H]2COc3ccc(OCc4ccnc(C5CCC(F)(COC[C@@H]6COCCO6)CC5)n4)c(c3)C[C@H](C(=O)O)Oc3ncnc4sc(-c5ccc(F)cc5)c(c34)-c3c(C)c(Cl)c(c(Cl)c3C)O2)CC1. The number of nitrogens with zero attached hydrogens (tertiary/aromatic N) is 6. The van der Waals surface area contributed by atoms with Crippen LogP contribution in [0.3, 0.4) is 0 Å². The van der Waals surface area contributed by atoms with Gasteiger partial charge in [0.1, 0.15) is 65.4 Å². The number of carboxylic acid groups (broad SMARTS) is 1. The lowest BCUT2D eigenvalue weighted by Crippen LogP contribution is -2.58. The van der Waals surface area contributed by atoms with Gasteiger partial charge in [0, 0.05) is 54.2 Å². The highest BCUT2D eigenvalue weighted by atomic mass is 35.5. The molecule has 15 nitrogen and oxygen atoms in total. The Hall–Kier alpha value is -5.31. The Morgan fingerprint density at radius 1 is 0.961 bits per heavy atom. The van der Waals surface area contributed by atoms with Gasteiger partial charge in [0.2, 0.25) is 12.0 Å². The summed E-state index contributed by atoms with van der Waals surface area (Å²) in [4.78, 5) is 35.7. The van der Waals surface area contributed by atoms with Gasteiger partial charge >= 0.3 is 5.97 Å². The zero-order valence-corrected chi connectivity index (χ0v) is 45.5. The molecule has 3 atom stereocenters. The number of ether oxygens (including phenoxy) is 7. The summed E-state index contributed by atoms with van der Waals surface area (Å²) in [7, 11) is 2.28. The lowest BCUT2D eigenvalue weighted by atomic mass is 9.80. The molecule has 404 valence electrons. The number of fused-ring (bicyclic) bond motifs is 7. The maximum atomic E-state index is 15.9. The fourth-order valence-corrected chi connectivity index (χ4v) is 12.2. The van der Waals surface area contributed by atoms with E-state index in [0.29, 0.717) is 139 Å². The topological polar surface area (TPSA) is 157 Å². The molecule has 0 amide bonds. The molecule has 4 aliphatic heterocycles. The molecule has 1 N–H and O–H groups in total. The summed E-state index contributed by atoms with van der Waals surface area (Å²) in [5, 5.41) is 12.0. The van der Waals surface area contributed by atoms with E-state index in [-0.39, 0.29) is 50.8 Å². The largest absolute Gasteiger partial charge is 0.490 e. The molecule has 3 aromatic heterocycles. The van der Waals surface area contributed by atoms with Crippen molar-refractivity contribution in [2.75, 3.05) is 86.0 Å². The number of piperazine rings is 1. The molecule has 6 aromatic rings. The average molecular weight is 1110 g/mol. The van der Waals surface area contributed by atoms with E-state index in [1.54, 1.807) is 42.6 Å². The molecule has 3 aromatic carbocycles. The Balaban J connectivity index is 0.971. The van der Waals surface area contributed by atoms with E-state index in [2.05, 4.69) is 33.8 Å². The summed E-state index contributed by atoms with van der Waals surface area (Å²) in [6, 6.07) is 13.2. The first-order valence-electron chi connectivity index (χ1n) is 26.0.